The van der Waals surface area contributed by atoms with Gasteiger partial charge >= 0.3 is 6.03 Å². The lowest BCUT2D eigenvalue weighted by Gasteiger charge is -2.26. The Morgan fingerprint density at radius 2 is 1.91 bits per heavy atom. The minimum absolute atomic E-state index is 0.132. The van der Waals surface area contributed by atoms with Crippen molar-refractivity contribution in [1.29, 1.82) is 0 Å². The van der Waals surface area contributed by atoms with E-state index in [0.717, 1.165) is 24.5 Å². The van der Waals surface area contributed by atoms with Gasteiger partial charge in [0.05, 0.1) is 17.5 Å². The molecular formula is C18H29N3O2. The maximum absolute atomic E-state index is 12.3. The second kappa shape index (κ2) is 8.77. The van der Waals surface area contributed by atoms with E-state index in [1.165, 1.54) is 25.7 Å². The highest BCUT2D eigenvalue weighted by Crippen LogP contribution is 2.28. The van der Waals surface area contributed by atoms with Gasteiger partial charge in [0.1, 0.15) is 0 Å². The van der Waals surface area contributed by atoms with Gasteiger partial charge in [-0.2, -0.15) is 0 Å². The van der Waals surface area contributed by atoms with Gasteiger partial charge in [-0.25, -0.2) is 4.79 Å². The third-order valence-electron chi connectivity index (χ3n) is 4.32. The van der Waals surface area contributed by atoms with E-state index in [9.17, 15) is 9.90 Å². The Bertz CT molecular complexity index is 497. The van der Waals surface area contributed by atoms with Crippen LogP contribution in [0.4, 0.5) is 16.2 Å². The summed E-state index contributed by atoms with van der Waals surface area (Å²) in [5, 5.41) is 12.4. The molecule has 0 radical (unpaired) electrons. The van der Waals surface area contributed by atoms with Crippen molar-refractivity contribution in [3.63, 3.8) is 0 Å². The lowest BCUT2D eigenvalue weighted by atomic mass is 10.2. The fraction of sp³-hybridized carbons (Fsp3) is 0.611. The molecule has 1 fully saturated rings. The van der Waals surface area contributed by atoms with Crippen molar-refractivity contribution in [2.45, 2.75) is 45.1 Å². The van der Waals surface area contributed by atoms with E-state index in [1.807, 2.05) is 18.2 Å². The number of anilines is 2. The standard InChI is InChI=1S/C18H29N3O2/c1-15(22)11-14-20(2)18(23)19-16-9-5-6-10-17(16)21-12-7-3-4-8-13-21/h5-6,9-10,15,22H,3-4,7-8,11-14H2,1-2H3,(H,19,23). The van der Waals surface area contributed by atoms with Crippen molar-refractivity contribution in [2.24, 2.45) is 0 Å². The van der Waals surface area contributed by atoms with Crippen molar-refractivity contribution in [3.8, 4) is 0 Å². The van der Waals surface area contributed by atoms with E-state index < -0.39 is 6.10 Å². The molecule has 1 unspecified atom stereocenters. The highest BCUT2D eigenvalue weighted by atomic mass is 16.3. The number of rotatable bonds is 5. The van der Waals surface area contributed by atoms with Crippen molar-refractivity contribution >= 4 is 17.4 Å². The van der Waals surface area contributed by atoms with Gasteiger partial charge in [-0.1, -0.05) is 25.0 Å². The smallest absolute Gasteiger partial charge is 0.321 e. The fourth-order valence-corrected chi connectivity index (χ4v) is 2.86. The highest BCUT2D eigenvalue weighted by Gasteiger charge is 2.16. The third kappa shape index (κ3) is 5.43. The van der Waals surface area contributed by atoms with Crippen LogP contribution >= 0.6 is 0 Å². The Kier molecular flexibility index (Phi) is 6.71. The SMILES string of the molecule is CC(O)CCN(C)C(=O)Nc1ccccc1N1CCCCCC1. The summed E-state index contributed by atoms with van der Waals surface area (Å²) in [7, 11) is 1.76. The molecular weight excluding hydrogens is 290 g/mol. The van der Waals surface area contributed by atoms with Crippen LogP contribution < -0.4 is 10.2 Å². The third-order valence-corrected chi connectivity index (χ3v) is 4.32. The van der Waals surface area contributed by atoms with Gasteiger partial charge in [-0.3, -0.25) is 0 Å². The second-order valence-corrected chi connectivity index (χ2v) is 6.41. The number of aliphatic hydroxyl groups is 1. The minimum atomic E-state index is -0.394. The van der Waals surface area contributed by atoms with Crippen molar-refractivity contribution < 1.29 is 9.90 Å². The molecule has 5 heteroatoms. The molecule has 1 saturated heterocycles. The summed E-state index contributed by atoms with van der Waals surface area (Å²) in [6.45, 7) is 4.37. The van der Waals surface area contributed by atoms with Crippen molar-refractivity contribution in [1.82, 2.24) is 4.90 Å². The Morgan fingerprint density at radius 3 is 2.57 bits per heavy atom. The summed E-state index contributed by atoms with van der Waals surface area (Å²) < 4.78 is 0. The monoisotopic (exact) mass is 319 g/mol. The van der Waals surface area contributed by atoms with E-state index in [4.69, 9.17) is 0 Å². The quantitative estimate of drug-likeness (QED) is 0.875. The van der Waals surface area contributed by atoms with Crippen LogP contribution in [0.25, 0.3) is 0 Å². The molecule has 0 bridgehead atoms. The van der Waals surface area contributed by atoms with Crippen LogP contribution in [0, 0.1) is 0 Å². The Morgan fingerprint density at radius 1 is 1.26 bits per heavy atom. The molecule has 1 heterocycles. The van der Waals surface area contributed by atoms with Crippen molar-refractivity contribution in [3.05, 3.63) is 24.3 Å². The zero-order valence-electron chi connectivity index (χ0n) is 14.3. The molecule has 1 aliphatic rings. The number of urea groups is 1. The van der Waals surface area contributed by atoms with E-state index in [-0.39, 0.29) is 6.03 Å². The molecule has 2 amide bonds. The first-order valence-corrected chi connectivity index (χ1v) is 8.62. The first-order valence-electron chi connectivity index (χ1n) is 8.62. The van der Waals surface area contributed by atoms with Gasteiger partial charge in [0.2, 0.25) is 0 Å². The number of aliphatic hydroxyl groups excluding tert-OH is 1. The number of amides is 2. The van der Waals surface area contributed by atoms with Crippen molar-refractivity contribution in [2.75, 3.05) is 36.9 Å². The molecule has 1 aromatic rings. The Balaban J connectivity index is 2.03. The second-order valence-electron chi connectivity index (χ2n) is 6.41. The van der Waals surface area contributed by atoms with E-state index in [0.29, 0.717) is 13.0 Å². The van der Waals surface area contributed by atoms with Gasteiger partial charge in [0, 0.05) is 26.7 Å². The number of hydrogen-bond donors (Lipinski definition) is 2. The van der Waals surface area contributed by atoms with E-state index in [2.05, 4.69) is 16.3 Å². The maximum Gasteiger partial charge on any atom is 0.321 e. The first-order chi connectivity index (χ1) is 11.1. The normalized spacial score (nSPS) is 16.6. The lowest BCUT2D eigenvalue weighted by molar-refractivity contribution is 0.167. The van der Waals surface area contributed by atoms with Gasteiger partial charge in [-0.15, -0.1) is 0 Å². The van der Waals surface area contributed by atoms with Gasteiger partial charge in [0.15, 0.2) is 0 Å². The zero-order chi connectivity index (χ0) is 16.7. The zero-order valence-corrected chi connectivity index (χ0v) is 14.3. The summed E-state index contributed by atoms with van der Waals surface area (Å²) in [5.74, 6) is 0. The van der Waals surface area contributed by atoms with Gasteiger partial charge in [0.25, 0.3) is 0 Å². The average molecular weight is 319 g/mol. The summed E-state index contributed by atoms with van der Waals surface area (Å²) in [5.41, 5.74) is 1.97. The fourth-order valence-electron chi connectivity index (χ4n) is 2.86. The summed E-state index contributed by atoms with van der Waals surface area (Å²) >= 11 is 0. The van der Waals surface area contributed by atoms with Crippen LogP contribution in [0.15, 0.2) is 24.3 Å². The Labute approximate surface area is 139 Å². The number of carbonyl (C=O) groups is 1. The predicted molar refractivity (Wildman–Crippen MR) is 95.1 cm³/mol. The van der Waals surface area contributed by atoms with Crippen LogP contribution in [0.2, 0.25) is 0 Å². The minimum Gasteiger partial charge on any atom is -0.393 e. The topological polar surface area (TPSA) is 55.8 Å². The largest absolute Gasteiger partial charge is 0.393 e. The number of carbonyl (C=O) groups excluding carboxylic acids is 1. The average Bonchev–Trinajstić information content (AvgIpc) is 2.82. The van der Waals surface area contributed by atoms with E-state index >= 15 is 0 Å². The molecule has 23 heavy (non-hydrogen) atoms. The molecule has 128 valence electrons. The molecule has 0 spiro atoms. The molecule has 2 N–H and O–H groups in total. The summed E-state index contributed by atoms with van der Waals surface area (Å²) in [6, 6.07) is 7.88. The first kappa shape index (κ1) is 17.6. The summed E-state index contributed by atoms with van der Waals surface area (Å²) in [6.07, 6.45) is 5.17. The molecule has 1 aliphatic heterocycles. The molecule has 0 saturated carbocycles. The van der Waals surface area contributed by atoms with Gasteiger partial charge in [-0.05, 0) is 38.3 Å². The lowest BCUT2D eigenvalue weighted by Crippen LogP contribution is -2.34. The molecule has 2 rings (SSSR count). The predicted octanol–water partition coefficient (Wildman–Crippen LogP) is 3.30. The van der Waals surface area contributed by atoms with Crippen LogP contribution in [0.3, 0.4) is 0 Å². The van der Waals surface area contributed by atoms with Crippen LogP contribution in [0.5, 0.6) is 0 Å². The van der Waals surface area contributed by atoms with Crippen LogP contribution in [-0.4, -0.2) is 48.8 Å². The molecule has 0 aliphatic carbocycles. The maximum atomic E-state index is 12.3. The number of benzene rings is 1. The highest BCUT2D eigenvalue weighted by molar-refractivity contribution is 5.93. The molecule has 5 nitrogen and oxygen atoms in total. The number of nitrogens with one attached hydrogen (secondary N) is 1. The molecule has 1 atom stereocenters. The molecule has 0 aromatic heterocycles. The van der Waals surface area contributed by atoms with Crippen LogP contribution in [-0.2, 0) is 0 Å². The summed E-state index contributed by atoms with van der Waals surface area (Å²) in [4.78, 5) is 16.3. The van der Waals surface area contributed by atoms with Crippen LogP contribution in [0.1, 0.15) is 39.0 Å². The van der Waals surface area contributed by atoms with Gasteiger partial charge < -0.3 is 20.2 Å². The van der Waals surface area contributed by atoms with E-state index in [1.54, 1.807) is 18.9 Å². The Hall–Kier alpha value is -1.75. The number of nitrogens with zero attached hydrogens (tertiary/aromatic N) is 2. The number of hydrogen-bond acceptors (Lipinski definition) is 3. The number of para-hydroxylation sites is 2. The molecule has 1 aromatic carbocycles.